The highest BCUT2D eigenvalue weighted by atomic mass is 35.5. The van der Waals surface area contributed by atoms with E-state index in [1.807, 2.05) is 0 Å². The van der Waals surface area contributed by atoms with E-state index >= 15 is 0 Å². The van der Waals surface area contributed by atoms with Crippen LogP contribution in [0.2, 0.25) is 10.0 Å². The van der Waals surface area contributed by atoms with Crippen LogP contribution in [0.1, 0.15) is 0 Å². The Kier molecular flexibility index (Phi) is 4.00. The molecular weight excluding hydrogens is 328 g/mol. The smallest absolute Gasteiger partial charge is 0.141 e. The Morgan fingerprint density at radius 1 is 1.09 bits per heavy atom. The number of hydrogen-bond donors (Lipinski definition) is 1. The number of fused-ring (bicyclic) bond motifs is 1. The summed E-state index contributed by atoms with van der Waals surface area (Å²) in [5.74, 6) is 0.583. The average molecular weight is 338 g/mol. The third kappa shape index (κ3) is 2.77. The molecule has 0 unspecified atom stereocenters. The maximum Gasteiger partial charge on any atom is 0.141 e. The molecule has 3 aromatic rings. The fourth-order valence-electron chi connectivity index (χ4n) is 2.02. The van der Waals surface area contributed by atoms with Crippen molar-refractivity contribution in [3.8, 4) is 5.75 Å². The van der Waals surface area contributed by atoms with E-state index in [0.717, 1.165) is 5.39 Å². The summed E-state index contributed by atoms with van der Waals surface area (Å²) >= 11 is 11.9. The Bertz CT molecular complexity index is 858. The van der Waals surface area contributed by atoms with Gasteiger partial charge in [-0.25, -0.2) is 14.4 Å². The zero-order chi connectivity index (χ0) is 15.7. The van der Waals surface area contributed by atoms with Crippen molar-refractivity contribution in [2.24, 2.45) is 0 Å². The van der Waals surface area contributed by atoms with Crippen LogP contribution in [-0.2, 0) is 0 Å². The van der Waals surface area contributed by atoms with Gasteiger partial charge in [0.25, 0.3) is 0 Å². The predicted molar refractivity (Wildman–Crippen MR) is 85.8 cm³/mol. The molecule has 0 aliphatic rings. The van der Waals surface area contributed by atoms with Crippen LogP contribution in [0.25, 0.3) is 10.9 Å². The Balaban J connectivity index is 2.08. The van der Waals surface area contributed by atoms with Gasteiger partial charge in [-0.3, -0.25) is 0 Å². The Morgan fingerprint density at radius 2 is 1.91 bits per heavy atom. The first-order valence-corrected chi connectivity index (χ1v) is 7.04. The highest BCUT2D eigenvalue weighted by Crippen LogP contribution is 2.33. The maximum atomic E-state index is 13.2. The largest absolute Gasteiger partial charge is 0.495 e. The second kappa shape index (κ2) is 5.94. The van der Waals surface area contributed by atoms with Crippen molar-refractivity contribution >= 4 is 45.6 Å². The molecule has 0 spiro atoms. The van der Waals surface area contributed by atoms with E-state index in [2.05, 4.69) is 15.3 Å². The number of benzene rings is 2. The van der Waals surface area contributed by atoms with Crippen LogP contribution < -0.4 is 10.1 Å². The second-order valence-electron chi connectivity index (χ2n) is 4.48. The molecule has 7 heteroatoms. The van der Waals surface area contributed by atoms with Crippen molar-refractivity contribution < 1.29 is 9.13 Å². The van der Waals surface area contributed by atoms with Gasteiger partial charge in [-0.2, -0.15) is 0 Å². The lowest BCUT2D eigenvalue weighted by molar-refractivity contribution is 0.415. The number of ether oxygens (including phenoxy) is 1. The first kappa shape index (κ1) is 14.8. The van der Waals surface area contributed by atoms with Crippen LogP contribution in [0.15, 0.2) is 36.7 Å². The van der Waals surface area contributed by atoms with Gasteiger partial charge in [0.15, 0.2) is 0 Å². The van der Waals surface area contributed by atoms with Gasteiger partial charge in [-0.1, -0.05) is 23.2 Å². The van der Waals surface area contributed by atoms with E-state index in [0.29, 0.717) is 27.8 Å². The molecule has 0 fully saturated rings. The monoisotopic (exact) mass is 337 g/mol. The normalized spacial score (nSPS) is 10.7. The van der Waals surface area contributed by atoms with E-state index in [-0.39, 0.29) is 5.02 Å². The van der Waals surface area contributed by atoms with Gasteiger partial charge < -0.3 is 10.1 Å². The van der Waals surface area contributed by atoms with Crippen LogP contribution >= 0.6 is 23.2 Å². The Hall–Kier alpha value is -2.11. The molecule has 22 heavy (non-hydrogen) atoms. The third-order valence-corrected chi connectivity index (χ3v) is 3.68. The summed E-state index contributed by atoms with van der Waals surface area (Å²) in [6.07, 6.45) is 1.42. The molecule has 1 aromatic heterocycles. The topological polar surface area (TPSA) is 47.0 Å². The van der Waals surface area contributed by atoms with E-state index in [4.69, 9.17) is 27.9 Å². The highest BCUT2D eigenvalue weighted by Gasteiger charge is 2.10. The molecule has 0 saturated heterocycles. The minimum absolute atomic E-state index is 0.0315. The maximum absolute atomic E-state index is 13.2. The van der Waals surface area contributed by atoms with E-state index < -0.39 is 5.82 Å². The minimum Gasteiger partial charge on any atom is -0.495 e. The van der Waals surface area contributed by atoms with Crippen LogP contribution in [0.5, 0.6) is 5.75 Å². The van der Waals surface area contributed by atoms with Gasteiger partial charge in [-0.05, 0) is 30.3 Å². The number of aromatic nitrogens is 2. The average Bonchev–Trinajstić information content (AvgIpc) is 2.50. The van der Waals surface area contributed by atoms with E-state index in [9.17, 15) is 4.39 Å². The first-order chi connectivity index (χ1) is 10.6. The Labute approximate surface area is 135 Å². The zero-order valence-electron chi connectivity index (χ0n) is 11.4. The van der Waals surface area contributed by atoms with Crippen molar-refractivity contribution in [3.63, 3.8) is 0 Å². The summed E-state index contributed by atoms with van der Waals surface area (Å²) in [7, 11) is 1.53. The van der Waals surface area contributed by atoms with Crippen LogP contribution in [-0.4, -0.2) is 17.1 Å². The number of nitrogens with zero attached hydrogens (tertiary/aromatic N) is 2. The fourth-order valence-corrected chi connectivity index (χ4v) is 2.44. The number of methoxy groups -OCH3 is 1. The number of hydrogen-bond acceptors (Lipinski definition) is 4. The molecular formula is C15H10Cl2FN3O. The highest BCUT2D eigenvalue weighted by molar-refractivity contribution is 6.33. The van der Waals surface area contributed by atoms with Crippen molar-refractivity contribution in [1.29, 1.82) is 0 Å². The second-order valence-corrected chi connectivity index (χ2v) is 5.29. The predicted octanol–water partition coefficient (Wildman–Crippen LogP) is 4.83. The first-order valence-electron chi connectivity index (χ1n) is 6.29. The van der Waals surface area contributed by atoms with Gasteiger partial charge >= 0.3 is 0 Å². The molecule has 112 valence electrons. The summed E-state index contributed by atoms with van der Waals surface area (Å²) in [6, 6.07) is 7.77. The molecule has 0 aliphatic carbocycles. The standard InChI is InChI=1S/C15H10Cl2FN3O/c1-22-14-5-9-13(6-11(14)17)19-7-20-15(9)21-8-2-3-12(18)10(16)4-8/h2-7H,1H3,(H,19,20,21). The van der Waals surface area contributed by atoms with Gasteiger partial charge in [-0.15, -0.1) is 0 Å². The molecule has 4 nitrogen and oxygen atoms in total. The number of nitrogens with one attached hydrogen (secondary N) is 1. The van der Waals surface area contributed by atoms with Gasteiger partial charge in [0, 0.05) is 11.1 Å². The third-order valence-electron chi connectivity index (χ3n) is 3.09. The number of anilines is 2. The SMILES string of the molecule is COc1cc2c(Nc3ccc(F)c(Cl)c3)ncnc2cc1Cl. The molecule has 0 atom stereocenters. The summed E-state index contributed by atoms with van der Waals surface area (Å²) in [5.41, 5.74) is 1.27. The lowest BCUT2D eigenvalue weighted by atomic mass is 10.2. The molecule has 2 aromatic carbocycles. The summed E-state index contributed by atoms with van der Waals surface area (Å²) in [6.45, 7) is 0. The minimum atomic E-state index is -0.479. The van der Waals surface area contributed by atoms with Crippen molar-refractivity contribution in [1.82, 2.24) is 9.97 Å². The molecule has 3 rings (SSSR count). The summed E-state index contributed by atoms with van der Waals surface area (Å²) in [5, 5.41) is 4.30. The van der Waals surface area contributed by atoms with Crippen LogP contribution in [0.3, 0.4) is 0 Å². The fraction of sp³-hybridized carbons (Fsp3) is 0.0667. The van der Waals surface area contributed by atoms with E-state index in [1.165, 1.54) is 25.6 Å². The molecule has 0 radical (unpaired) electrons. The number of halogens is 3. The molecule has 0 amide bonds. The van der Waals surface area contributed by atoms with Gasteiger partial charge in [0.2, 0.25) is 0 Å². The van der Waals surface area contributed by atoms with E-state index in [1.54, 1.807) is 18.2 Å². The molecule has 1 heterocycles. The van der Waals surface area contributed by atoms with Crippen LogP contribution in [0.4, 0.5) is 15.9 Å². The Morgan fingerprint density at radius 3 is 2.64 bits per heavy atom. The van der Waals surface area contributed by atoms with Crippen molar-refractivity contribution in [2.45, 2.75) is 0 Å². The van der Waals surface area contributed by atoms with Crippen LogP contribution in [0, 0.1) is 5.82 Å². The van der Waals surface area contributed by atoms with Crippen molar-refractivity contribution in [3.05, 3.63) is 52.5 Å². The summed E-state index contributed by atoms with van der Waals surface area (Å²) < 4.78 is 18.4. The lowest BCUT2D eigenvalue weighted by Crippen LogP contribution is -1.97. The van der Waals surface area contributed by atoms with Gasteiger partial charge in [0.05, 0.1) is 22.7 Å². The molecule has 0 aliphatic heterocycles. The van der Waals surface area contributed by atoms with Gasteiger partial charge in [0.1, 0.15) is 23.7 Å². The molecule has 0 saturated carbocycles. The number of rotatable bonds is 3. The summed E-state index contributed by atoms with van der Waals surface area (Å²) in [4.78, 5) is 8.38. The molecule has 0 bridgehead atoms. The quantitative estimate of drug-likeness (QED) is 0.743. The zero-order valence-corrected chi connectivity index (χ0v) is 12.9. The lowest BCUT2D eigenvalue weighted by Gasteiger charge is -2.10. The van der Waals surface area contributed by atoms with Crippen molar-refractivity contribution in [2.75, 3.05) is 12.4 Å². The molecule has 1 N–H and O–H groups in total.